The number of para-hydroxylation sites is 3. The lowest BCUT2D eigenvalue weighted by atomic mass is 9.82. The van der Waals surface area contributed by atoms with Gasteiger partial charge in [0.05, 0.1) is 0 Å². The third-order valence-corrected chi connectivity index (χ3v) is 10.2. The van der Waals surface area contributed by atoms with E-state index in [9.17, 15) is 0 Å². The third kappa shape index (κ3) is 5.87. The monoisotopic (exact) mass is 630 g/mol. The fourth-order valence-electron chi connectivity index (χ4n) is 8.26. The van der Waals surface area contributed by atoms with E-state index in [0.717, 1.165) is 38.9 Å². The van der Waals surface area contributed by atoms with Gasteiger partial charge in [-0.3, -0.25) is 0 Å². The minimum absolute atomic E-state index is 0.858. The molecule has 0 aliphatic heterocycles. The van der Waals surface area contributed by atoms with Gasteiger partial charge in [-0.2, -0.15) is 13.7 Å². The minimum atomic E-state index is 0.858. The maximum absolute atomic E-state index is 2.50. The van der Waals surface area contributed by atoms with Crippen LogP contribution in [-0.2, 0) is 38.9 Å². The molecule has 0 bridgehead atoms. The standard InChI is InChI=1S/C45H48N3/c1-7-37-40(28-46-25-31(4)22-34-16-10-13-19-43(34)46)38(8-2)42(30-48-27-33(6)24-36-18-12-15-21-45(36)48)39(9-3)41(37)29-47-26-32(5)23-35-17-11-14-20-44(35)47/h10-27H,7-9,28-30H2,1-6H3/q+3. The fraction of sp³-hybridized carbons (Fsp3) is 0.267. The van der Waals surface area contributed by atoms with Gasteiger partial charge in [-0.05, 0) is 93.1 Å². The molecular weight excluding hydrogens is 583 g/mol. The molecule has 0 aliphatic rings. The Bertz CT molecular complexity index is 2030. The van der Waals surface area contributed by atoms with Gasteiger partial charge >= 0.3 is 0 Å². The highest BCUT2D eigenvalue weighted by Gasteiger charge is 2.29. The first-order valence-corrected chi connectivity index (χ1v) is 17.7. The van der Waals surface area contributed by atoms with E-state index in [1.165, 1.54) is 82.8 Å². The molecule has 4 aromatic carbocycles. The first-order valence-electron chi connectivity index (χ1n) is 17.7. The number of aromatic nitrogens is 3. The van der Waals surface area contributed by atoms with Crippen molar-refractivity contribution in [1.82, 2.24) is 0 Å². The number of rotatable bonds is 9. The number of hydrogen-bond donors (Lipinski definition) is 0. The Labute approximate surface area is 285 Å². The molecule has 0 N–H and O–H groups in total. The molecule has 7 aromatic rings. The van der Waals surface area contributed by atoms with Crippen LogP contribution in [0.25, 0.3) is 32.7 Å². The Hall–Kier alpha value is -4.89. The second-order valence-corrected chi connectivity index (χ2v) is 13.5. The molecular formula is C45H48N3+3. The topological polar surface area (TPSA) is 11.6 Å². The average Bonchev–Trinajstić information content (AvgIpc) is 3.08. The predicted octanol–water partition coefficient (Wildman–Crippen LogP) is 8.77. The maximum atomic E-state index is 2.50. The molecule has 0 fully saturated rings. The van der Waals surface area contributed by atoms with E-state index in [-0.39, 0.29) is 0 Å². The molecule has 48 heavy (non-hydrogen) atoms. The molecule has 0 radical (unpaired) electrons. The second kappa shape index (κ2) is 13.3. The highest BCUT2D eigenvalue weighted by Crippen LogP contribution is 2.32. The molecule has 0 atom stereocenters. The van der Waals surface area contributed by atoms with E-state index >= 15 is 0 Å². The van der Waals surface area contributed by atoms with Gasteiger partial charge in [0.2, 0.25) is 16.6 Å². The van der Waals surface area contributed by atoms with Crippen molar-refractivity contribution >= 4 is 32.7 Å². The Balaban J connectivity index is 1.52. The van der Waals surface area contributed by atoms with Crippen LogP contribution in [0.5, 0.6) is 0 Å². The molecule has 3 heterocycles. The molecule has 3 nitrogen and oxygen atoms in total. The molecule has 0 unspecified atom stereocenters. The lowest BCUT2D eigenvalue weighted by Gasteiger charge is -2.23. The molecule has 3 heteroatoms. The lowest BCUT2D eigenvalue weighted by molar-refractivity contribution is -0.665. The van der Waals surface area contributed by atoms with Crippen LogP contribution in [-0.4, -0.2) is 0 Å². The number of pyridine rings is 3. The van der Waals surface area contributed by atoms with Crippen LogP contribution >= 0.6 is 0 Å². The van der Waals surface area contributed by atoms with Gasteiger partial charge in [-0.25, -0.2) is 0 Å². The zero-order chi connectivity index (χ0) is 33.4. The zero-order valence-electron chi connectivity index (χ0n) is 29.5. The number of nitrogens with zero attached hydrogens (tertiary/aromatic N) is 3. The van der Waals surface area contributed by atoms with Gasteiger partial charge in [-0.15, -0.1) is 0 Å². The molecule has 0 spiro atoms. The van der Waals surface area contributed by atoms with E-state index in [4.69, 9.17) is 0 Å². The van der Waals surface area contributed by atoms with Gasteiger partial charge < -0.3 is 0 Å². The Morgan fingerprint density at radius 2 is 0.646 bits per heavy atom. The van der Waals surface area contributed by atoms with Crippen LogP contribution in [0.4, 0.5) is 0 Å². The van der Waals surface area contributed by atoms with Crippen molar-refractivity contribution in [2.45, 2.75) is 80.4 Å². The summed E-state index contributed by atoms with van der Waals surface area (Å²) in [5.41, 5.74) is 16.8. The van der Waals surface area contributed by atoms with E-state index in [1.807, 2.05) is 0 Å². The Morgan fingerprint density at radius 1 is 0.375 bits per heavy atom. The van der Waals surface area contributed by atoms with E-state index in [2.05, 4.69) is 165 Å². The normalized spacial score (nSPS) is 11.6. The summed E-state index contributed by atoms with van der Waals surface area (Å²) in [6, 6.07) is 33.5. The van der Waals surface area contributed by atoms with Crippen LogP contribution in [0.2, 0.25) is 0 Å². The summed E-state index contributed by atoms with van der Waals surface area (Å²) >= 11 is 0. The zero-order valence-corrected chi connectivity index (χ0v) is 29.5. The Morgan fingerprint density at radius 3 is 0.917 bits per heavy atom. The molecule has 0 aliphatic carbocycles. The molecule has 240 valence electrons. The average molecular weight is 631 g/mol. The van der Waals surface area contributed by atoms with E-state index < -0.39 is 0 Å². The van der Waals surface area contributed by atoms with E-state index in [1.54, 1.807) is 0 Å². The van der Waals surface area contributed by atoms with Crippen molar-refractivity contribution in [2.24, 2.45) is 0 Å². The minimum Gasteiger partial charge on any atom is -0.194 e. The van der Waals surface area contributed by atoms with Crippen molar-refractivity contribution in [2.75, 3.05) is 0 Å². The lowest BCUT2D eigenvalue weighted by Crippen LogP contribution is -2.40. The van der Waals surface area contributed by atoms with Gasteiger partial charge in [0.25, 0.3) is 0 Å². The smallest absolute Gasteiger partial charge is 0.194 e. The number of hydrogen-bond acceptors (Lipinski definition) is 0. The maximum Gasteiger partial charge on any atom is 0.212 e. The van der Waals surface area contributed by atoms with Crippen LogP contribution in [0.15, 0.2) is 110 Å². The first kappa shape index (κ1) is 31.7. The van der Waals surface area contributed by atoms with Gasteiger partial charge in [0.15, 0.2) is 38.2 Å². The van der Waals surface area contributed by atoms with Crippen LogP contribution in [0, 0.1) is 20.8 Å². The van der Waals surface area contributed by atoms with Gasteiger partial charge in [0.1, 0.15) is 0 Å². The van der Waals surface area contributed by atoms with Gasteiger partial charge in [-0.1, -0.05) is 57.2 Å². The molecule has 0 saturated heterocycles. The number of benzene rings is 4. The van der Waals surface area contributed by atoms with E-state index in [0.29, 0.717) is 0 Å². The highest BCUT2D eigenvalue weighted by atomic mass is 15.0. The van der Waals surface area contributed by atoms with Crippen LogP contribution in [0.1, 0.15) is 70.8 Å². The van der Waals surface area contributed by atoms with Gasteiger partial charge in [0, 0.05) is 67.7 Å². The largest absolute Gasteiger partial charge is 0.212 e. The quantitative estimate of drug-likeness (QED) is 0.141. The molecule has 0 saturated carbocycles. The third-order valence-electron chi connectivity index (χ3n) is 10.2. The highest BCUT2D eigenvalue weighted by molar-refractivity contribution is 5.77. The summed E-state index contributed by atoms with van der Waals surface area (Å²) in [6.45, 7) is 16.3. The summed E-state index contributed by atoms with van der Waals surface area (Å²) in [5, 5.41) is 3.88. The van der Waals surface area contributed by atoms with Crippen LogP contribution < -0.4 is 13.7 Å². The SMILES string of the molecule is CCc1c(C[n+]2cc(C)cc3ccccc32)c(CC)c(C[n+]2cc(C)cc3ccccc32)c(CC)c1C[n+]1cc(C)cc2ccccc21. The summed E-state index contributed by atoms with van der Waals surface area (Å²) in [5.74, 6) is 0. The van der Waals surface area contributed by atoms with Crippen molar-refractivity contribution in [3.8, 4) is 0 Å². The van der Waals surface area contributed by atoms with Crippen molar-refractivity contribution in [1.29, 1.82) is 0 Å². The first-order chi connectivity index (χ1) is 23.4. The molecule has 7 rings (SSSR count). The van der Waals surface area contributed by atoms with Crippen molar-refractivity contribution < 1.29 is 13.7 Å². The molecule has 0 amide bonds. The van der Waals surface area contributed by atoms with Crippen LogP contribution in [0.3, 0.4) is 0 Å². The number of aryl methyl sites for hydroxylation is 3. The number of fused-ring (bicyclic) bond motifs is 3. The predicted molar refractivity (Wildman–Crippen MR) is 199 cm³/mol. The summed E-state index contributed by atoms with van der Waals surface area (Å²) < 4.78 is 7.51. The van der Waals surface area contributed by atoms with Crippen molar-refractivity contribution in [3.05, 3.63) is 160 Å². The summed E-state index contributed by atoms with van der Waals surface area (Å²) in [6.07, 6.45) is 10.0. The summed E-state index contributed by atoms with van der Waals surface area (Å²) in [7, 11) is 0. The second-order valence-electron chi connectivity index (χ2n) is 13.5. The Kier molecular flexibility index (Phi) is 8.79. The fourth-order valence-corrected chi connectivity index (χ4v) is 8.26. The van der Waals surface area contributed by atoms with Crippen molar-refractivity contribution in [3.63, 3.8) is 0 Å². The summed E-state index contributed by atoms with van der Waals surface area (Å²) in [4.78, 5) is 0. The molecule has 3 aromatic heterocycles.